The monoisotopic (exact) mass is 288 g/mol. The highest BCUT2D eigenvalue weighted by atomic mass is 15.2. The molecule has 4 heteroatoms. The van der Waals surface area contributed by atoms with Crippen molar-refractivity contribution in [3.63, 3.8) is 0 Å². The predicted molar refractivity (Wildman–Crippen MR) is 86.1 cm³/mol. The van der Waals surface area contributed by atoms with E-state index in [1.54, 1.807) is 0 Å². The van der Waals surface area contributed by atoms with E-state index in [0.717, 1.165) is 19.1 Å². The van der Waals surface area contributed by atoms with Crippen LogP contribution in [0.15, 0.2) is 18.2 Å². The van der Waals surface area contributed by atoms with Gasteiger partial charge in [-0.3, -0.25) is 9.88 Å². The Morgan fingerprint density at radius 3 is 2.81 bits per heavy atom. The summed E-state index contributed by atoms with van der Waals surface area (Å²) in [4.78, 5) is 9.73. The highest BCUT2D eigenvalue weighted by Gasteiger charge is 2.22. The summed E-state index contributed by atoms with van der Waals surface area (Å²) < 4.78 is 0. The molecule has 2 heterocycles. The number of pyridine rings is 1. The first-order chi connectivity index (χ1) is 10.2. The number of rotatable bonds is 6. The molecule has 1 aliphatic heterocycles. The molecule has 0 aromatic carbocycles. The van der Waals surface area contributed by atoms with Gasteiger partial charge in [0.25, 0.3) is 0 Å². The lowest BCUT2D eigenvalue weighted by atomic mass is 10.0. The summed E-state index contributed by atoms with van der Waals surface area (Å²) in [5.41, 5.74) is 2.39. The first kappa shape index (κ1) is 14.9. The first-order valence-electron chi connectivity index (χ1n) is 8.27. The predicted octanol–water partition coefficient (Wildman–Crippen LogP) is 1.86. The third-order valence-electron chi connectivity index (χ3n) is 4.61. The summed E-state index contributed by atoms with van der Waals surface area (Å²) >= 11 is 0. The van der Waals surface area contributed by atoms with Crippen LogP contribution in [-0.2, 0) is 13.1 Å². The lowest BCUT2D eigenvalue weighted by Crippen LogP contribution is -2.44. The molecule has 1 N–H and O–H groups in total. The third kappa shape index (κ3) is 4.50. The molecule has 1 unspecified atom stereocenters. The fourth-order valence-electron chi connectivity index (χ4n) is 3.08. The van der Waals surface area contributed by atoms with Gasteiger partial charge in [0.1, 0.15) is 0 Å². The summed E-state index contributed by atoms with van der Waals surface area (Å²) in [6.45, 7) is 4.27. The van der Waals surface area contributed by atoms with Crippen molar-refractivity contribution >= 4 is 0 Å². The van der Waals surface area contributed by atoms with E-state index >= 15 is 0 Å². The van der Waals surface area contributed by atoms with Gasteiger partial charge in [0.15, 0.2) is 0 Å². The van der Waals surface area contributed by atoms with Crippen molar-refractivity contribution in [1.82, 2.24) is 20.1 Å². The number of aromatic nitrogens is 1. The summed E-state index contributed by atoms with van der Waals surface area (Å²) in [5.74, 6) is 0. The van der Waals surface area contributed by atoms with Gasteiger partial charge in [-0.1, -0.05) is 6.07 Å². The van der Waals surface area contributed by atoms with Gasteiger partial charge in [0.05, 0.1) is 11.4 Å². The molecule has 116 valence electrons. The summed E-state index contributed by atoms with van der Waals surface area (Å²) in [6.07, 6.45) is 5.28. The van der Waals surface area contributed by atoms with E-state index < -0.39 is 0 Å². The van der Waals surface area contributed by atoms with Crippen molar-refractivity contribution < 1.29 is 0 Å². The van der Waals surface area contributed by atoms with Crippen LogP contribution in [0.2, 0.25) is 0 Å². The van der Waals surface area contributed by atoms with Crippen LogP contribution in [0, 0.1) is 0 Å². The first-order valence-corrected chi connectivity index (χ1v) is 8.27. The minimum atomic E-state index is 0.693. The Balaban J connectivity index is 1.54. The smallest absolute Gasteiger partial charge is 0.0547 e. The van der Waals surface area contributed by atoms with Crippen LogP contribution in [0.3, 0.4) is 0 Å². The summed E-state index contributed by atoms with van der Waals surface area (Å²) in [7, 11) is 4.38. The molecule has 0 amide bonds. The van der Waals surface area contributed by atoms with Crippen LogP contribution in [0.25, 0.3) is 0 Å². The van der Waals surface area contributed by atoms with Crippen molar-refractivity contribution in [3.05, 3.63) is 29.6 Å². The second kappa shape index (κ2) is 6.86. The van der Waals surface area contributed by atoms with E-state index in [1.165, 1.54) is 50.2 Å². The molecule has 1 saturated heterocycles. The van der Waals surface area contributed by atoms with Crippen LogP contribution in [-0.4, -0.2) is 54.1 Å². The van der Waals surface area contributed by atoms with E-state index in [1.807, 2.05) is 0 Å². The molecule has 2 aliphatic rings. The average molecular weight is 288 g/mol. The van der Waals surface area contributed by atoms with Gasteiger partial charge in [0.2, 0.25) is 0 Å². The molecule has 1 saturated carbocycles. The molecule has 1 aliphatic carbocycles. The van der Waals surface area contributed by atoms with Gasteiger partial charge >= 0.3 is 0 Å². The second-order valence-electron chi connectivity index (χ2n) is 6.77. The van der Waals surface area contributed by atoms with Gasteiger partial charge in [0, 0.05) is 31.7 Å². The summed E-state index contributed by atoms with van der Waals surface area (Å²) in [6, 6.07) is 7.90. The lowest BCUT2D eigenvalue weighted by Gasteiger charge is -2.35. The van der Waals surface area contributed by atoms with Gasteiger partial charge in [-0.2, -0.15) is 0 Å². The van der Waals surface area contributed by atoms with E-state index in [4.69, 9.17) is 4.98 Å². The largest absolute Gasteiger partial charge is 0.308 e. The van der Waals surface area contributed by atoms with Crippen molar-refractivity contribution in [2.75, 3.05) is 27.2 Å². The number of nitrogens with zero attached hydrogens (tertiary/aromatic N) is 3. The molecule has 1 aromatic rings. The van der Waals surface area contributed by atoms with Crippen molar-refractivity contribution in [2.24, 2.45) is 0 Å². The standard InChI is InChI=1S/C17H28N4/c1-20(2)17-7-4-10-21(13-17)12-16-6-3-5-15(19-16)11-18-14-8-9-14/h3,5-6,14,17-18H,4,7-13H2,1-2H3. The number of likely N-dealkylation sites (N-methyl/N-ethyl adjacent to an activating group) is 1. The van der Waals surface area contributed by atoms with Crippen LogP contribution in [0.5, 0.6) is 0 Å². The molecular weight excluding hydrogens is 260 g/mol. The van der Waals surface area contributed by atoms with Gasteiger partial charge in [-0.05, 0) is 58.5 Å². The number of hydrogen-bond acceptors (Lipinski definition) is 4. The maximum atomic E-state index is 4.82. The number of piperidine rings is 1. The quantitative estimate of drug-likeness (QED) is 0.866. The Morgan fingerprint density at radius 2 is 2.05 bits per heavy atom. The lowest BCUT2D eigenvalue weighted by molar-refractivity contribution is 0.127. The maximum Gasteiger partial charge on any atom is 0.0547 e. The molecule has 0 bridgehead atoms. The topological polar surface area (TPSA) is 31.4 Å². The zero-order valence-corrected chi connectivity index (χ0v) is 13.4. The molecular formula is C17H28N4. The van der Waals surface area contributed by atoms with Crippen molar-refractivity contribution in [1.29, 1.82) is 0 Å². The SMILES string of the molecule is CN(C)C1CCCN(Cc2cccc(CNC3CC3)n2)C1. The molecule has 0 radical (unpaired) electrons. The minimum absolute atomic E-state index is 0.693. The number of hydrogen-bond donors (Lipinski definition) is 1. The Morgan fingerprint density at radius 1 is 1.24 bits per heavy atom. The fourth-order valence-corrected chi connectivity index (χ4v) is 3.08. The van der Waals surface area contributed by atoms with Crippen LogP contribution < -0.4 is 5.32 Å². The van der Waals surface area contributed by atoms with Crippen LogP contribution >= 0.6 is 0 Å². The van der Waals surface area contributed by atoms with E-state index in [9.17, 15) is 0 Å². The second-order valence-corrected chi connectivity index (χ2v) is 6.77. The van der Waals surface area contributed by atoms with Gasteiger partial charge < -0.3 is 10.2 Å². The molecule has 4 nitrogen and oxygen atoms in total. The number of likely N-dealkylation sites (tertiary alicyclic amines) is 1. The molecule has 1 atom stereocenters. The molecule has 0 spiro atoms. The van der Waals surface area contributed by atoms with Gasteiger partial charge in [-0.15, -0.1) is 0 Å². The average Bonchev–Trinajstić information content (AvgIpc) is 3.30. The Labute approximate surface area is 128 Å². The number of nitrogens with one attached hydrogen (secondary N) is 1. The van der Waals surface area contributed by atoms with E-state index in [-0.39, 0.29) is 0 Å². The van der Waals surface area contributed by atoms with E-state index in [0.29, 0.717) is 6.04 Å². The van der Waals surface area contributed by atoms with Crippen LogP contribution in [0.4, 0.5) is 0 Å². The Kier molecular flexibility index (Phi) is 4.88. The highest BCUT2D eigenvalue weighted by Crippen LogP contribution is 2.19. The maximum absolute atomic E-state index is 4.82. The van der Waals surface area contributed by atoms with E-state index in [2.05, 4.69) is 47.4 Å². The summed E-state index contributed by atoms with van der Waals surface area (Å²) in [5, 5.41) is 3.54. The van der Waals surface area contributed by atoms with Crippen molar-refractivity contribution in [3.8, 4) is 0 Å². The zero-order chi connectivity index (χ0) is 14.7. The molecule has 2 fully saturated rings. The molecule has 1 aromatic heterocycles. The zero-order valence-electron chi connectivity index (χ0n) is 13.4. The normalized spacial score (nSPS) is 23.7. The van der Waals surface area contributed by atoms with Gasteiger partial charge in [-0.25, -0.2) is 0 Å². The third-order valence-corrected chi connectivity index (χ3v) is 4.61. The fraction of sp³-hybridized carbons (Fsp3) is 0.706. The van der Waals surface area contributed by atoms with Crippen LogP contribution in [0.1, 0.15) is 37.1 Å². The Bertz CT molecular complexity index is 456. The molecule has 21 heavy (non-hydrogen) atoms. The highest BCUT2D eigenvalue weighted by molar-refractivity contribution is 5.11. The Hall–Kier alpha value is -0.970. The molecule has 3 rings (SSSR count). The van der Waals surface area contributed by atoms with Crippen molar-refractivity contribution in [2.45, 2.75) is 50.9 Å². The minimum Gasteiger partial charge on any atom is -0.308 e.